The lowest BCUT2D eigenvalue weighted by atomic mass is 10.1. The first-order valence-electron chi connectivity index (χ1n) is 8.89. The van der Waals surface area contributed by atoms with E-state index in [4.69, 9.17) is 9.47 Å². The number of pyridine rings is 1. The molecular formula is C21H24N2O3. The number of Topliss-reactive ketones (excluding diaryl/α,β-unsaturated/α-hetero) is 1. The highest BCUT2D eigenvalue weighted by molar-refractivity contribution is 5.84. The Balaban J connectivity index is 1.55. The lowest BCUT2D eigenvalue weighted by Gasteiger charge is -2.09. The van der Waals surface area contributed by atoms with E-state index in [0.29, 0.717) is 19.6 Å². The maximum absolute atomic E-state index is 11.1. The van der Waals surface area contributed by atoms with Crippen LogP contribution >= 0.6 is 0 Å². The Kier molecular flexibility index (Phi) is 5.89. The quantitative estimate of drug-likeness (QED) is 0.585. The molecule has 5 heteroatoms. The highest BCUT2D eigenvalue weighted by Crippen LogP contribution is 2.25. The molecule has 0 radical (unpaired) electrons. The van der Waals surface area contributed by atoms with Crippen molar-refractivity contribution in [3.8, 4) is 11.5 Å². The fourth-order valence-corrected chi connectivity index (χ4v) is 2.91. The molecule has 0 atom stereocenters. The number of aromatic nitrogens is 2. The van der Waals surface area contributed by atoms with Gasteiger partial charge in [0.2, 0.25) is 0 Å². The Hall–Kier alpha value is -2.82. The van der Waals surface area contributed by atoms with E-state index in [9.17, 15) is 4.79 Å². The Morgan fingerprint density at radius 3 is 2.62 bits per heavy atom. The highest BCUT2D eigenvalue weighted by Gasteiger charge is 2.06. The average Bonchev–Trinajstić information content (AvgIpc) is 3.01. The van der Waals surface area contributed by atoms with Gasteiger partial charge in [-0.1, -0.05) is 0 Å². The molecule has 0 aliphatic carbocycles. The third kappa shape index (κ3) is 4.85. The topological polar surface area (TPSA) is 64.2 Å². The smallest absolute Gasteiger partial charge is 0.129 e. The predicted octanol–water partition coefficient (Wildman–Crippen LogP) is 4.24. The van der Waals surface area contributed by atoms with Crippen molar-refractivity contribution in [2.75, 3.05) is 13.2 Å². The molecule has 1 N–H and O–H groups in total. The molecule has 0 amide bonds. The molecule has 0 unspecified atom stereocenters. The molecule has 0 fully saturated rings. The van der Waals surface area contributed by atoms with Crippen LogP contribution in [-0.4, -0.2) is 29.0 Å². The van der Waals surface area contributed by atoms with Gasteiger partial charge in [0.25, 0.3) is 0 Å². The second-order valence-electron chi connectivity index (χ2n) is 6.41. The van der Waals surface area contributed by atoms with Crippen molar-refractivity contribution >= 4 is 16.7 Å². The number of H-pyrrole nitrogens is 1. The second-order valence-corrected chi connectivity index (χ2v) is 6.41. The summed E-state index contributed by atoms with van der Waals surface area (Å²) in [6.45, 7) is 4.51. The SMILES string of the molecule is CC(=O)CCCc1c[nH]c2ccc(OCCOc3ccnc(C)c3)cc12. The van der Waals surface area contributed by atoms with Crippen molar-refractivity contribution in [2.24, 2.45) is 0 Å². The molecule has 1 aromatic carbocycles. The van der Waals surface area contributed by atoms with Gasteiger partial charge in [0.15, 0.2) is 0 Å². The number of nitrogens with one attached hydrogen (secondary N) is 1. The summed E-state index contributed by atoms with van der Waals surface area (Å²) in [6.07, 6.45) is 6.12. The summed E-state index contributed by atoms with van der Waals surface area (Å²) in [5, 5.41) is 1.15. The van der Waals surface area contributed by atoms with Crippen LogP contribution in [0.4, 0.5) is 0 Å². The molecule has 2 aromatic heterocycles. The van der Waals surface area contributed by atoms with Gasteiger partial charge in [-0.15, -0.1) is 0 Å². The van der Waals surface area contributed by atoms with E-state index in [1.54, 1.807) is 13.1 Å². The zero-order valence-corrected chi connectivity index (χ0v) is 15.2. The van der Waals surface area contributed by atoms with Gasteiger partial charge >= 0.3 is 0 Å². The molecule has 26 heavy (non-hydrogen) atoms. The van der Waals surface area contributed by atoms with Crippen LogP contribution in [-0.2, 0) is 11.2 Å². The number of rotatable bonds is 9. The van der Waals surface area contributed by atoms with E-state index in [-0.39, 0.29) is 5.78 Å². The number of nitrogens with zero attached hydrogens (tertiary/aromatic N) is 1. The number of benzene rings is 1. The summed E-state index contributed by atoms with van der Waals surface area (Å²) in [4.78, 5) is 18.5. The van der Waals surface area contributed by atoms with Gasteiger partial charge in [-0.25, -0.2) is 0 Å². The molecule has 136 valence electrons. The summed E-state index contributed by atoms with van der Waals surface area (Å²) >= 11 is 0. The number of ether oxygens (including phenoxy) is 2. The minimum absolute atomic E-state index is 0.234. The first-order valence-corrected chi connectivity index (χ1v) is 8.89. The van der Waals surface area contributed by atoms with E-state index >= 15 is 0 Å². The van der Waals surface area contributed by atoms with E-state index in [1.165, 1.54) is 5.56 Å². The van der Waals surface area contributed by atoms with Crippen LogP contribution in [0.1, 0.15) is 31.0 Å². The lowest BCUT2D eigenvalue weighted by Crippen LogP contribution is -2.09. The van der Waals surface area contributed by atoms with Crippen LogP contribution < -0.4 is 9.47 Å². The number of hydrogen-bond donors (Lipinski definition) is 1. The number of hydrogen-bond acceptors (Lipinski definition) is 4. The highest BCUT2D eigenvalue weighted by atomic mass is 16.5. The molecule has 0 aliphatic rings. The summed E-state index contributed by atoms with van der Waals surface area (Å²) in [5.41, 5.74) is 3.23. The minimum Gasteiger partial charge on any atom is -0.490 e. The number of carbonyl (C=O) groups excluding carboxylic acids is 1. The zero-order valence-electron chi connectivity index (χ0n) is 15.2. The van der Waals surface area contributed by atoms with Gasteiger partial charge in [0.05, 0.1) is 0 Å². The van der Waals surface area contributed by atoms with Gasteiger partial charge in [-0.3, -0.25) is 4.98 Å². The molecule has 0 saturated carbocycles. The maximum Gasteiger partial charge on any atom is 0.129 e. The van der Waals surface area contributed by atoms with Crippen molar-refractivity contribution in [3.63, 3.8) is 0 Å². The lowest BCUT2D eigenvalue weighted by molar-refractivity contribution is -0.117. The van der Waals surface area contributed by atoms with Crippen molar-refractivity contribution in [1.29, 1.82) is 0 Å². The second kappa shape index (κ2) is 8.52. The third-order valence-corrected chi connectivity index (χ3v) is 4.20. The van der Waals surface area contributed by atoms with Crippen molar-refractivity contribution < 1.29 is 14.3 Å². The first-order chi connectivity index (χ1) is 12.6. The fourth-order valence-electron chi connectivity index (χ4n) is 2.91. The minimum atomic E-state index is 0.234. The number of aryl methyl sites for hydroxylation is 2. The van der Waals surface area contributed by atoms with E-state index in [1.807, 2.05) is 43.5 Å². The standard InChI is InChI=1S/C21H24N2O3/c1-15-12-19(8-9-22-15)26-11-10-25-18-6-7-21-20(13-18)17(14-23-21)5-3-4-16(2)24/h6-9,12-14,23H,3-5,10-11H2,1-2H3. The molecule has 0 spiro atoms. The fraction of sp³-hybridized carbons (Fsp3) is 0.333. The van der Waals surface area contributed by atoms with Gasteiger partial charge in [0, 0.05) is 41.5 Å². The van der Waals surface area contributed by atoms with Crippen molar-refractivity contribution in [2.45, 2.75) is 33.1 Å². The normalized spacial score (nSPS) is 10.8. The van der Waals surface area contributed by atoms with Crippen LogP contribution in [0.2, 0.25) is 0 Å². The Morgan fingerprint density at radius 1 is 1.12 bits per heavy atom. The number of carbonyl (C=O) groups is 1. The summed E-state index contributed by atoms with van der Waals surface area (Å²) in [6, 6.07) is 9.76. The molecule has 3 aromatic rings. The van der Waals surface area contributed by atoms with Crippen LogP contribution in [0.3, 0.4) is 0 Å². The van der Waals surface area contributed by atoms with Crippen LogP contribution in [0.15, 0.2) is 42.7 Å². The van der Waals surface area contributed by atoms with E-state index in [0.717, 1.165) is 40.9 Å². The summed E-state index contributed by atoms with van der Waals surface area (Å²) in [7, 11) is 0. The third-order valence-electron chi connectivity index (χ3n) is 4.20. The maximum atomic E-state index is 11.1. The Labute approximate surface area is 153 Å². The molecule has 2 heterocycles. The van der Waals surface area contributed by atoms with Crippen molar-refractivity contribution in [3.05, 3.63) is 54.0 Å². The summed E-state index contributed by atoms with van der Waals surface area (Å²) in [5.74, 6) is 1.85. The van der Waals surface area contributed by atoms with Gasteiger partial charge < -0.3 is 19.3 Å². The molecule has 3 rings (SSSR count). The average molecular weight is 352 g/mol. The van der Waals surface area contributed by atoms with Gasteiger partial charge in [0.1, 0.15) is 30.5 Å². The molecule has 0 saturated heterocycles. The largest absolute Gasteiger partial charge is 0.490 e. The Bertz CT molecular complexity index is 886. The first kappa shape index (κ1) is 18.0. The summed E-state index contributed by atoms with van der Waals surface area (Å²) < 4.78 is 11.5. The predicted molar refractivity (Wildman–Crippen MR) is 102 cm³/mol. The number of ketones is 1. The number of fused-ring (bicyclic) bond motifs is 1. The Morgan fingerprint density at radius 2 is 1.88 bits per heavy atom. The van der Waals surface area contributed by atoms with Crippen LogP contribution in [0.25, 0.3) is 10.9 Å². The molecule has 0 bridgehead atoms. The van der Waals surface area contributed by atoms with Gasteiger partial charge in [-0.2, -0.15) is 0 Å². The van der Waals surface area contributed by atoms with E-state index in [2.05, 4.69) is 9.97 Å². The monoisotopic (exact) mass is 352 g/mol. The van der Waals surface area contributed by atoms with Crippen molar-refractivity contribution in [1.82, 2.24) is 9.97 Å². The molecule has 0 aliphatic heterocycles. The van der Waals surface area contributed by atoms with E-state index < -0.39 is 0 Å². The van der Waals surface area contributed by atoms with Crippen LogP contribution in [0.5, 0.6) is 11.5 Å². The van der Waals surface area contributed by atoms with Crippen LogP contribution in [0, 0.1) is 6.92 Å². The number of aromatic amines is 1. The van der Waals surface area contributed by atoms with Gasteiger partial charge in [-0.05, 0) is 56.5 Å². The molecular weight excluding hydrogens is 328 g/mol. The zero-order chi connectivity index (χ0) is 18.4. The molecule has 5 nitrogen and oxygen atoms in total.